The summed E-state index contributed by atoms with van der Waals surface area (Å²) in [5, 5.41) is 0. The predicted molar refractivity (Wildman–Crippen MR) is 78.1 cm³/mol. The topological polar surface area (TPSA) is 47.3 Å². The van der Waals surface area contributed by atoms with Gasteiger partial charge < -0.3 is 4.74 Å². The smallest absolute Gasteiger partial charge is 0.119 e. The van der Waals surface area contributed by atoms with Gasteiger partial charge in [0.2, 0.25) is 0 Å². The third-order valence-corrected chi connectivity index (χ3v) is 3.33. The van der Waals surface area contributed by atoms with E-state index >= 15 is 0 Å². The van der Waals surface area contributed by atoms with Crippen LogP contribution < -0.4 is 16.0 Å². The molecule has 3 heteroatoms. The van der Waals surface area contributed by atoms with Gasteiger partial charge in [0.05, 0.1) is 13.2 Å². The lowest BCUT2D eigenvalue weighted by Crippen LogP contribution is -2.29. The average molecular weight is 256 g/mol. The molecule has 0 aliphatic heterocycles. The molecule has 0 aliphatic carbocycles. The van der Waals surface area contributed by atoms with Crippen LogP contribution >= 0.6 is 0 Å². The van der Waals surface area contributed by atoms with Gasteiger partial charge in [-0.15, -0.1) is 0 Å². The van der Waals surface area contributed by atoms with Crippen molar-refractivity contribution < 1.29 is 4.74 Å². The SMILES string of the molecule is COc1ccc(C(NN)c2cccc(C)c2)c(C)c1. The Morgan fingerprint density at radius 2 is 1.89 bits per heavy atom. The predicted octanol–water partition coefficient (Wildman–Crippen LogP) is 2.86. The minimum atomic E-state index is -0.00851. The lowest BCUT2D eigenvalue weighted by Gasteiger charge is -2.20. The number of rotatable bonds is 4. The summed E-state index contributed by atoms with van der Waals surface area (Å²) in [5.74, 6) is 6.61. The van der Waals surface area contributed by atoms with E-state index < -0.39 is 0 Å². The molecule has 100 valence electrons. The van der Waals surface area contributed by atoms with Crippen molar-refractivity contribution in [2.75, 3.05) is 7.11 Å². The summed E-state index contributed by atoms with van der Waals surface area (Å²) < 4.78 is 5.24. The Morgan fingerprint density at radius 1 is 1.11 bits per heavy atom. The van der Waals surface area contributed by atoms with Crippen molar-refractivity contribution in [1.29, 1.82) is 0 Å². The highest BCUT2D eigenvalue weighted by atomic mass is 16.5. The Balaban J connectivity index is 2.42. The van der Waals surface area contributed by atoms with E-state index in [-0.39, 0.29) is 6.04 Å². The molecule has 0 aliphatic rings. The quantitative estimate of drug-likeness (QED) is 0.653. The number of nitrogens with one attached hydrogen (secondary N) is 1. The van der Waals surface area contributed by atoms with E-state index in [9.17, 15) is 0 Å². The number of hydrazine groups is 1. The molecular formula is C16H20N2O. The van der Waals surface area contributed by atoms with Gasteiger partial charge in [-0.2, -0.15) is 0 Å². The van der Waals surface area contributed by atoms with Gasteiger partial charge in [0.25, 0.3) is 0 Å². The highest BCUT2D eigenvalue weighted by molar-refractivity contribution is 5.41. The van der Waals surface area contributed by atoms with Crippen LogP contribution in [0.3, 0.4) is 0 Å². The van der Waals surface area contributed by atoms with Gasteiger partial charge in [0, 0.05) is 0 Å². The van der Waals surface area contributed by atoms with Crippen molar-refractivity contribution in [3.63, 3.8) is 0 Å². The maximum Gasteiger partial charge on any atom is 0.119 e. The second-order valence-corrected chi connectivity index (χ2v) is 4.74. The zero-order chi connectivity index (χ0) is 13.8. The van der Waals surface area contributed by atoms with Crippen LogP contribution in [-0.2, 0) is 0 Å². The standard InChI is InChI=1S/C16H20N2O/c1-11-5-4-6-13(9-11)16(18-17)15-8-7-14(19-3)10-12(15)2/h4-10,16,18H,17H2,1-3H3. The summed E-state index contributed by atoms with van der Waals surface area (Å²) in [4.78, 5) is 0. The summed E-state index contributed by atoms with van der Waals surface area (Å²) >= 11 is 0. The van der Waals surface area contributed by atoms with Crippen molar-refractivity contribution in [2.24, 2.45) is 5.84 Å². The van der Waals surface area contributed by atoms with E-state index in [0.29, 0.717) is 0 Å². The molecule has 2 aromatic carbocycles. The van der Waals surface area contributed by atoms with Crippen LogP contribution in [0.5, 0.6) is 5.75 Å². The first-order chi connectivity index (χ1) is 9.15. The third kappa shape index (κ3) is 2.95. The van der Waals surface area contributed by atoms with E-state index in [1.54, 1.807) is 7.11 Å². The first-order valence-electron chi connectivity index (χ1n) is 6.33. The van der Waals surface area contributed by atoms with E-state index in [4.69, 9.17) is 10.6 Å². The summed E-state index contributed by atoms with van der Waals surface area (Å²) in [6.07, 6.45) is 0. The van der Waals surface area contributed by atoms with Crippen molar-refractivity contribution in [1.82, 2.24) is 5.43 Å². The van der Waals surface area contributed by atoms with Crippen molar-refractivity contribution in [3.05, 3.63) is 64.7 Å². The number of aryl methyl sites for hydroxylation is 2. The van der Waals surface area contributed by atoms with E-state index in [0.717, 1.165) is 22.4 Å². The highest BCUT2D eigenvalue weighted by Crippen LogP contribution is 2.27. The molecule has 0 heterocycles. The molecule has 0 amide bonds. The number of hydrogen-bond donors (Lipinski definition) is 2. The second-order valence-electron chi connectivity index (χ2n) is 4.74. The Labute approximate surface area is 114 Å². The van der Waals surface area contributed by atoms with Crippen LogP contribution in [0.1, 0.15) is 28.3 Å². The number of hydrogen-bond acceptors (Lipinski definition) is 3. The van der Waals surface area contributed by atoms with Crippen LogP contribution in [0.25, 0.3) is 0 Å². The highest BCUT2D eigenvalue weighted by Gasteiger charge is 2.15. The van der Waals surface area contributed by atoms with E-state index in [1.807, 2.05) is 18.2 Å². The Morgan fingerprint density at radius 3 is 2.47 bits per heavy atom. The summed E-state index contributed by atoms with van der Waals surface area (Å²) in [6, 6.07) is 14.4. The first kappa shape index (κ1) is 13.6. The van der Waals surface area contributed by atoms with Gasteiger partial charge in [-0.05, 0) is 42.7 Å². The summed E-state index contributed by atoms with van der Waals surface area (Å²) in [7, 11) is 1.67. The van der Waals surface area contributed by atoms with Gasteiger partial charge in [0.1, 0.15) is 5.75 Å². The van der Waals surface area contributed by atoms with Crippen LogP contribution in [-0.4, -0.2) is 7.11 Å². The summed E-state index contributed by atoms with van der Waals surface area (Å²) in [5.41, 5.74) is 7.61. The number of nitrogens with two attached hydrogens (primary N) is 1. The molecule has 1 unspecified atom stereocenters. The number of benzene rings is 2. The third-order valence-electron chi connectivity index (χ3n) is 3.33. The van der Waals surface area contributed by atoms with Crippen LogP contribution in [0.15, 0.2) is 42.5 Å². The molecule has 3 N–H and O–H groups in total. The fourth-order valence-corrected chi connectivity index (χ4v) is 2.31. The molecule has 3 nitrogen and oxygen atoms in total. The maximum atomic E-state index is 5.75. The lowest BCUT2D eigenvalue weighted by atomic mass is 9.94. The molecule has 0 fully saturated rings. The van der Waals surface area contributed by atoms with Crippen molar-refractivity contribution >= 4 is 0 Å². The number of methoxy groups -OCH3 is 1. The summed E-state index contributed by atoms with van der Waals surface area (Å²) in [6.45, 7) is 4.15. The van der Waals surface area contributed by atoms with Gasteiger partial charge >= 0.3 is 0 Å². The van der Waals surface area contributed by atoms with Gasteiger partial charge in [-0.1, -0.05) is 35.9 Å². The Hall–Kier alpha value is -1.84. The fourth-order valence-electron chi connectivity index (χ4n) is 2.31. The first-order valence-corrected chi connectivity index (χ1v) is 6.33. The van der Waals surface area contributed by atoms with E-state index in [1.165, 1.54) is 5.56 Å². The largest absolute Gasteiger partial charge is 0.497 e. The zero-order valence-corrected chi connectivity index (χ0v) is 11.6. The number of ether oxygens (including phenoxy) is 1. The maximum absolute atomic E-state index is 5.75. The lowest BCUT2D eigenvalue weighted by molar-refractivity contribution is 0.414. The molecule has 19 heavy (non-hydrogen) atoms. The molecule has 2 aromatic rings. The van der Waals surface area contributed by atoms with Gasteiger partial charge in [-0.25, -0.2) is 5.43 Å². The molecular weight excluding hydrogens is 236 g/mol. The fraction of sp³-hybridized carbons (Fsp3) is 0.250. The second kappa shape index (κ2) is 5.87. The van der Waals surface area contributed by atoms with Crippen LogP contribution in [0.2, 0.25) is 0 Å². The van der Waals surface area contributed by atoms with E-state index in [2.05, 4.69) is 43.5 Å². The molecule has 0 saturated carbocycles. The minimum absolute atomic E-state index is 0.00851. The molecule has 1 atom stereocenters. The minimum Gasteiger partial charge on any atom is -0.497 e. The monoisotopic (exact) mass is 256 g/mol. The molecule has 0 spiro atoms. The molecule has 0 bridgehead atoms. The molecule has 0 saturated heterocycles. The Bertz CT molecular complexity index is 566. The van der Waals surface area contributed by atoms with Gasteiger partial charge in [-0.3, -0.25) is 5.84 Å². The molecule has 0 radical (unpaired) electrons. The van der Waals surface area contributed by atoms with Crippen LogP contribution in [0, 0.1) is 13.8 Å². The zero-order valence-electron chi connectivity index (χ0n) is 11.6. The van der Waals surface area contributed by atoms with Crippen molar-refractivity contribution in [2.45, 2.75) is 19.9 Å². The molecule has 2 rings (SSSR count). The van der Waals surface area contributed by atoms with Crippen LogP contribution in [0.4, 0.5) is 0 Å². The molecule has 0 aromatic heterocycles. The van der Waals surface area contributed by atoms with Crippen molar-refractivity contribution in [3.8, 4) is 5.75 Å². The van der Waals surface area contributed by atoms with Gasteiger partial charge in [0.15, 0.2) is 0 Å². The average Bonchev–Trinajstić information content (AvgIpc) is 2.41. The Kier molecular flexibility index (Phi) is 4.20. The normalized spacial score (nSPS) is 12.2.